The van der Waals surface area contributed by atoms with E-state index in [1.165, 1.54) is 0 Å². The Kier molecular flexibility index (Phi) is 4.44. The average molecular weight is 348 g/mol. The highest BCUT2D eigenvalue weighted by Crippen LogP contribution is 2.39. The first-order valence-corrected chi connectivity index (χ1v) is 8.74. The molecule has 0 unspecified atom stereocenters. The number of nitrogens with zero attached hydrogens (tertiary/aromatic N) is 2. The monoisotopic (exact) mass is 348 g/mol. The Morgan fingerprint density at radius 1 is 1.15 bits per heavy atom. The topological polar surface area (TPSA) is 66.6 Å². The summed E-state index contributed by atoms with van der Waals surface area (Å²) in [5.74, 6) is 1.38. The summed E-state index contributed by atoms with van der Waals surface area (Å²) in [5.41, 5.74) is 2.59. The smallest absolute Gasteiger partial charge is 0.254 e. The van der Waals surface area contributed by atoms with E-state index in [0.717, 1.165) is 29.9 Å². The fourth-order valence-electron chi connectivity index (χ4n) is 2.98. The molecule has 5 nitrogen and oxygen atoms in total. The lowest BCUT2D eigenvalue weighted by Crippen LogP contribution is -2.30. The van der Waals surface area contributed by atoms with Crippen LogP contribution in [0.3, 0.4) is 0 Å². The van der Waals surface area contributed by atoms with Gasteiger partial charge in [0.1, 0.15) is 11.5 Å². The molecule has 1 amide bonds. The Labute approximate surface area is 151 Å². The Balaban J connectivity index is 1.59. The van der Waals surface area contributed by atoms with E-state index in [1.807, 2.05) is 30.3 Å². The molecule has 0 radical (unpaired) electrons. The maximum Gasteiger partial charge on any atom is 0.254 e. The van der Waals surface area contributed by atoms with Crippen LogP contribution < -0.4 is 0 Å². The lowest BCUT2D eigenvalue weighted by Gasteiger charge is -2.22. The first-order valence-electron chi connectivity index (χ1n) is 8.74. The largest absolute Gasteiger partial charge is 0.508 e. The second-order valence-electron chi connectivity index (χ2n) is 6.65. The van der Waals surface area contributed by atoms with Crippen molar-refractivity contribution in [1.82, 2.24) is 9.88 Å². The van der Waals surface area contributed by atoms with E-state index in [-0.39, 0.29) is 11.7 Å². The van der Waals surface area contributed by atoms with Crippen LogP contribution in [0.5, 0.6) is 5.75 Å². The van der Waals surface area contributed by atoms with E-state index < -0.39 is 0 Å². The third-order valence-corrected chi connectivity index (χ3v) is 4.55. The molecule has 132 valence electrons. The first-order chi connectivity index (χ1) is 12.7. The van der Waals surface area contributed by atoms with Gasteiger partial charge in [-0.1, -0.05) is 12.1 Å². The van der Waals surface area contributed by atoms with Crippen molar-refractivity contribution < 1.29 is 14.3 Å². The minimum absolute atomic E-state index is 0.0567. The van der Waals surface area contributed by atoms with Crippen LogP contribution in [0, 0.1) is 0 Å². The van der Waals surface area contributed by atoms with E-state index >= 15 is 0 Å². The van der Waals surface area contributed by atoms with Crippen molar-refractivity contribution in [2.45, 2.75) is 31.8 Å². The number of furan rings is 1. The number of rotatable bonds is 6. The van der Waals surface area contributed by atoms with Crippen LogP contribution in [0.1, 0.15) is 46.1 Å². The van der Waals surface area contributed by atoms with Gasteiger partial charge in [-0.15, -0.1) is 0 Å². The molecule has 26 heavy (non-hydrogen) atoms. The summed E-state index contributed by atoms with van der Waals surface area (Å²) >= 11 is 0. The van der Waals surface area contributed by atoms with Gasteiger partial charge in [0, 0.05) is 29.9 Å². The number of hydrogen-bond donors (Lipinski definition) is 1. The van der Waals surface area contributed by atoms with Gasteiger partial charge in [0.05, 0.1) is 12.8 Å². The van der Waals surface area contributed by atoms with Gasteiger partial charge in [-0.25, -0.2) is 0 Å². The Bertz CT molecular complexity index is 884. The Morgan fingerprint density at radius 2 is 1.96 bits per heavy atom. The van der Waals surface area contributed by atoms with Crippen LogP contribution in [0.15, 0.2) is 65.4 Å². The van der Waals surface area contributed by atoms with Crippen molar-refractivity contribution in [3.8, 4) is 5.75 Å². The fraction of sp³-hybridized carbons (Fsp3) is 0.238. The molecule has 0 bridgehead atoms. The zero-order chi connectivity index (χ0) is 17.9. The third-order valence-electron chi connectivity index (χ3n) is 4.55. The minimum Gasteiger partial charge on any atom is -0.508 e. The summed E-state index contributed by atoms with van der Waals surface area (Å²) in [4.78, 5) is 19.3. The number of aromatic nitrogens is 1. The van der Waals surface area contributed by atoms with Crippen molar-refractivity contribution in [2.75, 3.05) is 0 Å². The third kappa shape index (κ3) is 3.77. The summed E-state index contributed by atoms with van der Waals surface area (Å²) in [6.07, 6.45) is 5.62. The van der Waals surface area contributed by atoms with E-state index in [2.05, 4.69) is 4.98 Å². The number of pyridine rings is 1. The summed E-state index contributed by atoms with van der Waals surface area (Å²) in [5, 5.41) is 9.47. The van der Waals surface area contributed by atoms with E-state index in [0.29, 0.717) is 24.6 Å². The molecule has 0 spiro atoms. The molecule has 2 heterocycles. The maximum atomic E-state index is 13.1. The van der Waals surface area contributed by atoms with Gasteiger partial charge in [-0.2, -0.15) is 0 Å². The maximum absolute atomic E-state index is 13.1. The Hall–Kier alpha value is -3.08. The van der Waals surface area contributed by atoms with Crippen LogP contribution in [-0.2, 0) is 13.1 Å². The molecule has 1 aliphatic carbocycles. The fourth-order valence-corrected chi connectivity index (χ4v) is 2.98. The number of carbonyl (C=O) groups is 1. The number of carbonyl (C=O) groups excluding carboxylic acids is 1. The van der Waals surface area contributed by atoms with Crippen LogP contribution in [-0.4, -0.2) is 20.9 Å². The van der Waals surface area contributed by atoms with Crippen LogP contribution >= 0.6 is 0 Å². The van der Waals surface area contributed by atoms with Gasteiger partial charge in [0.15, 0.2) is 0 Å². The molecule has 0 atom stereocenters. The van der Waals surface area contributed by atoms with E-state index in [9.17, 15) is 9.90 Å². The number of aromatic hydroxyl groups is 1. The van der Waals surface area contributed by atoms with Gasteiger partial charge in [-0.3, -0.25) is 9.78 Å². The van der Waals surface area contributed by atoms with Gasteiger partial charge in [0.2, 0.25) is 0 Å². The second kappa shape index (κ2) is 7.04. The average Bonchev–Trinajstić information content (AvgIpc) is 3.40. The minimum atomic E-state index is -0.0567. The van der Waals surface area contributed by atoms with Crippen molar-refractivity contribution >= 4 is 5.91 Å². The molecule has 2 aromatic heterocycles. The summed E-state index contributed by atoms with van der Waals surface area (Å²) in [6, 6.07) is 14.2. The SMILES string of the molecule is O=C(c1ccnc(C2CC2)c1)N(Cc1ccc(O)cc1)Cc1ccco1. The quantitative estimate of drug-likeness (QED) is 0.728. The lowest BCUT2D eigenvalue weighted by molar-refractivity contribution is 0.0717. The van der Waals surface area contributed by atoms with E-state index in [1.54, 1.807) is 35.6 Å². The number of phenolic OH excluding ortho intramolecular Hbond substituents is 1. The predicted molar refractivity (Wildman–Crippen MR) is 96.6 cm³/mol. The molecule has 1 N–H and O–H groups in total. The first kappa shape index (κ1) is 16.4. The molecule has 3 aromatic rings. The van der Waals surface area contributed by atoms with Gasteiger partial charge >= 0.3 is 0 Å². The number of amides is 1. The van der Waals surface area contributed by atoms with Gasteiger partial charge in [0.25, 0.3) is 5.91 Å². The molecule has 0 saturated heterocycles. The zero-order valence-electron chi connectivity index (χ0n) is 14.3. The normalized spacial score (nSPS) is 13.5. The van der Waals surface area contributed by atoms with Crippen molar-refractivity contribution in [3.05, 3.63) is 83.6 Å². The van der Waals surface area contributed by atoms with Gasteiger partial charge in [-0.05, 0) is 54.8 Å². The molecule has 5 heteroatoms. The molecule has 1 saturated carbocycles. The van der Waals surface area contributed by atoms with Crippen LogP contribution in [0.4, 0.5) is 0 Å². The highest BCUT2D eigenvalue weighted by molar-refractivity contribution is 5.94. The highest BCUT2D eigenvalue weighted by Gasteiger charge is 2.26. The Morgan fingerprint density at radius 3 is 2.65 bits per heavy atom. The molecule has 1 fully saturated rings. The van der Waals surface area contributed by atoms with Gasteiger partial charge < -0.3 is 14.4 Å². The number of hydrogen-bond acceptors (Lipinski definition) is 4. The van der Waals surface area contributed by atoms with Crippen LogP contribution in [0.25, 0.3) is 0 Å². The molecular formula is C21H20N2O3. The zero-order valence-corrected chi connectivity index (χ0v) is 14.3. The standard InChI is InChI=1S/C21H20N2O3/c24-18-7-3-15(4-8-18)13-23(14-19-2-1-11-26-19)21(25)17-9-10-22-20(12-17)16-5-6-16/h1-4,7-12,16,24H,5-6,13-14H2. The van der Waals surface area contributed by atoms with Crippen molar-refractivity contribution in [2.24, 2.45) is 0 Å². The second-order valence-corrected chi connectivity index (χ2v) is 6.65. The number of phenols is 1. The summed E-state index contributed by atoms with van der Waals surface area (Å²) in [6.45, 7) is 0.814. The highest BCUT2D eigenvalue weighted by atomic mass is 16.3. The predicted octanol–water partition coefficient (Wildman–Crippen LogP) is 4.10. The molecular weight excluding hydrogens is 328 g/mol. The molecule has 1 aromatic carbocycles. The summed E-state index contributed by atoms with van der Waals surface area (Å²) in [7, 11) is 0. The van der Waals surface area contributed by atoms with Crippen molar-refractivity contribution in [1.29, 1.82) is 0 Å². The summed E-state index contributed by atoms with van der Waals surface area (Å²) < 4.78 is 5.43. The molecule has 4 rings (SSSR count). The molecule has 0 aliphatic heterocycles. The lowest BCUT2D eigenvalue weighted by atomic mass is 10.1. The van der Waals surface area contributed by atoms with Crippen molar-refractivity contribution in [3.63, 3.8) is 0 Å². The van der Waals surface area contributed by atoms with Crippen LogP contribution in [0.2, 0.25) is 0 Å². The molecule has 1 aliphatic rings. The van der Waals surface area contributed by atoms with E-state index in [4.69, 9.17) is 4.42 Å². The number of benzene rings is 1.